The molecule has 0 saturated heterocycles. The summed E-state index contributed by atoms with van der Waals surface area (Å²) >= 11 is 0. The number of rotatable bonds is 7. The maximum absolute atomic E-state index is 12.9. The van der Waals surface area contributed by atoms with Crippen molar-refractivity contribution < 1.29 is 22.1 Å². The Bertz CT molecular complexity index is 827. The predicted octanol–water partition coefficient (Wildman–Crippen LogP) is 1.98. The summed E-state index contributed by atoms with van der Waals surface area (Å²) in [5.74, 6) is -0.478. The SMILES string of the molecule is Cc1noc(C)c1S(=O)(=O)NCCC(=O)N[C@H](C)c1ccc(F)cc1. The maximum Gasteiger partial charge on any atom is 0.245 e. The van der Waals surface area contributed by atoms with Gasteiger partial charge in [-0.1, -0.05) is 17.3 Å². The third-order valence-corrected chi connectivity index (χ3v) is 5.33. The lowest BCUT2D eigenvalue weighted by molar-refractivity contribution is -0.121. The Balaban J connectivity index is 1.87. The Hall–Kier alpha value is -2.26. The Labute approximate surface area is 145 Å². The largest absolute Gasteiger partial charge is 0.360 e. The van der Waals surface area contributed by atoms with Crippen LogP contribution in [0.15, 0.2) is 33.7 Å². The molecule has 136 valence electrons. The molecule has 2 N–H and O–H groups in total. The van der Waals surface area contributed by atoms with Crippen molar-refractivity contribution in [3.05, 3.63) is 47.1 Å². The van der Waals surface area contributed by atoms with Crippen LogP contribution in [-0.4, -0.2) is 26.0 Å². The van der Waals surface area contributed by atoms with E-state index in [-0.39, 0.29) is 47.1 Å². The van der Waals surface area contributed by atoms with E-state index in [9.17, 15) is 17.6 Å². The van der Waals surface area contributed by atoms with E-state index in [0.29, 0.717) is 0 Å². The van der Waals surface area contributed by atoms with Gasteiger partial charge in [0.05, 0.1) is 6.04 Å². The molecule has 1 aromatic heterocycles. The number of aromatic nitrogens is 1. The maximum atomic E-state index is 12.9. The van der Waals surface area contributed by atoms with E-state index < -0.39 is 10.0 Å². The van der Waals surface area contributed by atoms with Crippen LogP contribution in [0, 0.1) is 19.7 Å². The van der Waals surface area contributed by atoms with E-state index in [1.165, 1.54) is 26.0 Å². The molecule has 2 aromatic rings. The van der Waals surface area contributed by atoms with Crippen molar-refractivity contribution in [3.63, 3.8) is 0 Å². The summed E-state index contributed by atoms with van der Waals surface area (Å²) in [4.78, 5) is 11.9. The fourth-order valence-electron chi connectivity index (χ4n) is 2.38. The smallest absolute Gasteiger partial charge is 0.245 e. The first-order chi connectivity index (χ1) is 11.7. The monoisotopic (exact) mass is 369 g/mol. The van der Waals surface area contributed by atoms with Crippen LogP contribution in [0.2, 0.25) is 0 Å². The predicted molar refractivity (Wildman–Crippen MR) is 88.7 cm³/mol. The highest BCUT2D eigenvalue weighted by Crippen LogP contribution is 2.18. The number of carbonyl (C=O) groups excluding carboxylic acids is 1. The van der Waals surface area contributed by atoms with Crippen molar-refractivity contribution in [2.45, 2.75) is 38.1 Å². The summed E-state index contributed by atoms with van der Waals surface area (Å²) in [7, 11) is -3.79. The van der Waals surface area contributed by atoms with E-state index >= 15 is 0 Å². The Kier molecular flexibility index (Phi) is 5.91. The van der Waals surface area contributed by atoms with Gasteiger partial charge in [0.15, 0.2) is 5.76 Å². The van der Waals surface area contributed by atoms with Gasteiger partial charge in [-0.25, -0.2) is 17.5 Å². The number of benzene rings is 1. The molecule has 0 spiro atoms. The van der Waals surface area contributed by atoms with Gasteiger partial charge in [0.2, 0.25) is 15.9 Å². The molecule has 0 bridgehead atoms. The molecule has 2 rings (SSSR count). The van der Waals surface area contributed by atoms with Crippen molar-refractivity contribution in [1.82, 2.24) is 15.2 Å². The van der Waals surface area contributed by atoms with Crippen molar-refractivity contribution in [2.75, 3.05) is 6.54 Å². The summed E-state index contributed by atoms with van der Waals surface area (Å²) in [6, 6.07) is 5.49. The average molecular weight is 369 g/mol. The van der Waals surface area contributed by atoms with Gasteiger partial charge in [0.25, 0.3) is 0 Å². The topological polar surface area (TPSA) is 101 Å². The zero-order valence-corrected chi connectivity index (χ0v) is 15.0. The summed E-state index contributed by atoms with van der Waals surface area (Å²) in [6.07, 6.45) is -0.0336. The fourth-order valence-corrected chi connectivity index (χ4v) is 3.73. The first-order valence-electron chi connectivity index (χ1n) is 7.68. The molecule has 0 radical (unpaired) electrons. The molecular formula is C16H20FN3O4S. The van der Waals surface area contributed by atoms with E-state index in [2.05, 4.69) is 15.2 Å². The quantitative estimate of drug-likeness (QED) is 0.777. The fraction of sp³-hybridized carbons (Fsp3) is 0.375. The summed E-state index contributed by atoms with van der Waals surface area (Å²) in [6.45, 7) is 4.74. The van der Waals surface area contributed by atoms with Crippen molar-refractivity contribution in [1.29, 1.82) is 0 Å². The average Bonchev–Trinajstić information content (AvgIpc) is 2.87. The third kappa shape index (κ3) is 4.86. The van der Waals surface area contributed by atoms with Crippen molar-refractivity contribution in [3.8, 4) is 0 Å². The van der Waals surface area contributed by atoms with Gasteiger partial charge >= 0.3 is 0 Å². The lowest BCUT2D eigenvalue weighted by Crippen LogP contribution is -2.32. The number of carbonyl (C=O) groups is 1. The molecule has 0 fully saturated rings. The van der Waals surface area contributed by atoms with E-state index in [1.54, 1.807) is 19.1 Å². The van der Waals surface area contributed by atoms with E-state index in [1.807, 2.05) is 0 Å². The first kappa shape index (κ1) is 19.1. The highest BCUT2D eigenvalue weighted by atomic mass is 32.2. The highest BCUT2D eigenvalue weighted by molar-refractivity contribution is 7.89. The minimum atomic E-state index is -3.79. The van der Waals surface area contributed by atoms with Gasteiger partial charge in [-0.05, 0) is 38.5 Å². The van der Waals surface area contributed by atoms with E-state index in [0.717, 1.165) is 5.56 Å². The molecular weight excluding hydrogens is 349 g/mol. The zero-order chi connectivity index (χ0) is 18.6. The van der Waals surface area contributed by atoms with Gasteiger partial charge in [-0.3, -0.25) is 4.79 Å². The number of halogens is 1. The molecule has 0 aliphatic rings. The molecule has 1 atom stereocenters. The first-order valence-corrected chi connectivity index (χ1v) is 9.16. The van der Waals surface area contributed by atoms with Crippen molar-refractivity contribution >= 4 is 15.9 Å². The summed E-state index contributed by atoms with van der Waals surface area (Å²) in [5, 5.41) is 6.34. The molecule has 1 heterocycles. The number of hydrogen-bond donors (Lipinski definition) is 2. The minimum Gasteiger partial charge on any atom is -0.360 e. The Morgan fingerprint density at radius 2 is 1.92 bits per heavy atom. The number of aryl methyl sites for hydroxylation is 2. The lowest BCUT2D eigenvalue weighted by atomic mass is 10.1. The normalized spacial score (nSPS) is 12.8. The van der Waals surface area contributed by atoms with Gasteiger partial charge in [-0.2, -0.15) is 0 Å². The molecule has 0 aliphatic heterocycles. The van der Waals surface area contributed by atoms with Gasteiger partial charge < -0.3 is 9.84 Å². The highest BCUT2D eigenvalue weighted by Gasteiger charge is 2.24. The number of nitrogens with one attached hydrogen (secondary N) is 2. The minimum absolute atomic E-state index is 0.00686. The molecule has 0 aliphatic carbocycles. The molecule has 0 unspecified atom stereocenters. The molecule has 9 heteroatoms. The standard InChI is InChI=1S/C16H20FN3O4S/c1-10(13-4-6-14(17)7-5-13)19-15(21)8-9-18-25(22,23)16-11(2)20-24-12(16)3/h4-7,10,18H,8-9H2,1-3H3,(H,19,21)/t10-/m1/s1. The van der Waals surface area contributed by atoms with E-state index in [4.69, 9.17) is 4.52 Å². The Morgan fingerprint density at radius 1 is 1.28 bits per heavy atom. The molecule has 25 heavy (non-hydrogen) atoms. The second-order valence-electron chi connectivity index (χ2n) is 5.64. The van der Waals surface area contributed by atoms with Crippen LogP contribution in [0.3, 0.4) is 0 Å². The number of hydrogen-bond acceptors (Lipinski definition) is 5. The molecule has 7 nitrogen and oxygen atoms in total. The number of sulfonamides is 1. The molecule has 1 aromatic carbocycles. The number of amides is 1. The van der Waals surface area contributed by atoms with Crippen molar-refractivity contribution in [2.24, 2.45) is 0 Å². The number of nitrogens with zero attached hydrogens (tertiary/aromatic N) is 1. The Morgan fingerprint density at radius 3 is 2.48 bits per heavy atom. The van der Waals surface area contributed by atoms with Gasteiger partial charge in [0, 0.05) is 13.0 Å². The van der Waals surface area contributed by atoms with Crippen LogP contribution in [0.4, 0.5) is 4.39 Å². The van der Waals surface area contributed by atoms with Crippen LogP contribution >= 0.6 is 0 Å². The van der Waals surface area contributed by atoms with Crippen LogP contribution in [0.25, 0.3) is 0 Å². The van der Waals surface area contributed by atoms with Crippen LogP contribution in [0.1, 0.15) is 36.4 Å². The molecule has 1 amide bonds. The third-order valence-electron chi connectivity index (χ3n) is 3.63. The lowest BCUT2D eigenvalue weighted by Gasteiger charge is -2.14. The second-order valence-corrected chi connectivity index (χ2v) is 7.35. The van der Waals surface area contributed by atoms with Gasteiger partial charge in [0.1, 0.15) is 16.4 Å². The van der Waals surface area contributed by atoms with Crippen LogP contribution in [0.5, 0.6) is 0 Å². The molecule has 0 saturated carbocycles. The summed E-state index contributed by atoms with van der Waals surface area (Å²) < 4.78 is 44.5. The van der Waals surface area contributed by atoms with Crippen LogP contribution < -0.4 is 10.0 Å². The van der Waals surface area contributed by atoms with Crippen LogP contribution in [-0.2, 0) is 14.8 Å². The zero-order valence-electron chi connectivity index (χ0n) is 14.2. The van der Waals surface area contributed by atoms with Gasteiger partial charge in [-0.15, -0.1) is 0 Å². The summed E-state index contributed by atoms with van der Waals surface area (Å²) in [5.41, 5.74) is 1.02. The second kappa shape index (κ2) is 7.75.